The van der Waals surface area contributed by atoms with Crippen LogP contribution >= 0.6 is 12.4 Å². The van der Waals surface area contributed by atoms with E-state index in [1.54, 1.807) is 0 Å². The van der Waals surface area contributed by atoms with Crippen LogP contribution < -0.4 is 5.32 Å². The van der Waals surface area contributed by atoms with Gasteiger partial charge in [-0.15, -0.1) is 12.4 Å². The van der Waals surface area contributed by atoms with Gasteiger partial charge in [0, 0.05) is 0 Å². The van der Waals surface area contributed by atoms with Gasteiger partial charge in [0.2, 0.25) is 0 Å². The van der Waals surface area contributed by atoms with Gasteiger partial charge >= 0.3 is 12.0 Å². The molecule has 0 saturated carbocycles. The summed E-state index contributed by atoms with van der Waals surface area (Å²) in [7, 11) is 0. The number of alkyl carbamates (subject to hydrolysis) is 1. The van der Waals surface area contributed by atoms with Gasteiger partial charge in [-0.25, -0.2) is 13.6 Å². The average molecular weight is 282 g/mol. The number of phenols is 2. The Labute approximate surface area is 107 Å². The minimum atomic E-state index is -3.28. The monoisotopic (exact) mass is 281 g/mol. The molecule has 0 aromatic heterocycles. The van der Waals surface area contributed by atoms with Gasteiger partial charge in [0.05, 0.1) is 0 Å². The summed E-state index contributed by atoms with van der Waals surface area (Å²) in [5.41, 5.74) is -0.0121. The van der Waals surface area contributed by atoms with Gasteiger partial charge in [-0.2, -0.15) is 0 Å². The molecule has 5 nitrogen and oxygen atoms in total. The van der Waals surface area contributed by atoms with Crippen molar-refractivity contribution in [2.75, 3.05) is 6.61 Å². The van der Waals surface area contributed by atoms with Crippen molar-refractivity contribution in [1.29, 1.82) is 0 Å². The third-order valence-corrected chi connectivity index (χ3v) is 2.41. The maximum absolute atomic E-state index is 13.5. The molecule has 100 valence electrons. The number of alkyl halides is 2. The predicted octanol–water partition coefficient (Wildman–Crippen LogP) is 1.94. The van der Waals surface area contributed by atoms with Crippen LogP contribution in [0.2, 0.25) is 0 Å². The van der Waals surface area contributed by atoms with Crippen molar-refractivity contribution in [3.8, 4) is 11.5 Å². The molecule has 0 spiro atoms. The third-order valence-electron chi connectivity index (χ3n) is 2.41. The zero-order valence-corrected chi connectivity index (χ0v) is 9.71. The maximum Gasteiger partial charge on any atom is 0.408 e. The highest BCUT2D eigenvalue weighted by Gasteiger charge is 2.46. The van der Waals surface area contributed by atoms with Crippen molar-refractivity contribution in [1.82, 2.24) is 5.32 Å². The third kappa shape index (κ3) is 2.56. The molecule has 0 bridgehead atoms. The first-order chi connectivity index (χ1) is 7.90. The Kier molecular flexibility index (Phi) is 3.85. The highest BCUT2D eigenvalue weighted by molar-refractivity contribution is 5.85. The van der Waals surface area contributed by atoms with Crippen molar-refractivity contribution in [2.45, 2.75) is 12.0 Å². The fourth-order valence-electron chi connectivity index (χ4n) is 1.56. The summed E-state index contributed by atoms with van der Waals surface area (Å²) in [6.07, 6.45) is -0.950. The lowest BCUT2D eigenvalue weighted by Gasteiger charge is -2.31. The van der Waals surface area contributed by atoms with Crippen LogP contribution in [0.4, 0.5) is 13.6 Å². The second-order valence-corrected chi connectivity index (χ2v) is 3.66. The zero-order chi connectivity index (χ0) is 12.6. The standard InChI is InChI=1S/C10H9F2NO4.ClH/c11-10(12)4-17-9(16)13-8(10)5-1-2-6(14)7(15)3-5;/h1-3,8,14-15H,4H2,(H,13,16);1H/t8-;/m0./s1. The van der Waals surface area contributed by atoms with Crippen LogP contribution in [0.25, 0.3) is 0 Å². The molecule has 1 aliphatic heterocycles. The fraction of sp³-hybridized carbons (Fsp3) is 0.300. The van der Waals surface area contributed by atoms with Gasteiger partial charge < -0.3 is 20.3 Å². The number of amides is 1. The Balaban J connectivity index is 0.00000162. The normalized spacial score (nSPS) is 21.4. The van der Waals surface area contributed by atoms with E-state index >= 15 is 0 Å². The molecular formula is C10H10ClF2NO4. The lowest BCUT2D eigenvalue weighted by atomic mass is 9.99. The maximum atomic E-state index is 13.5. The number of ether oxygens (including phenoxy) is 1. The molecule has 0 unspecified atom stereocenters. The Bertz CT molecular complexity index is 469. The van der Waals surface area contributed by atoms with Gasteiger partial charge in [0.15, 0.2) is 18.1 Å². The Morgan fingerprint density at radius 2 is 2.00 bits per heavy atom. The Morgan fingerprint density at radius 1 is 1.33 bits per heavy atom. The molecule has 0 aliphatic carbocycles. The number of carbonyl (C=O) groups excluding carboxylic acids is 1. The quantitative estimate of drug-likeness (QED) is 0.687. The summed E-state index contributed by atoms with van der Waals surface area (Å²) in [5, 5.41) is 20.3. The van der Waals surface area contributed by atoms with E-state index in [-0.39, 0.29) is 18.0 Å². The van der Waals surface area contributed by atoms with Crippen molar-refractivity contribution in [2.24, 2.45) is 0 Å². The SMILES string of the molecule is Cl.O=C1N[C@@H](c2ccc(O)c(O)c2)C(F)(F)CO1. The largest absolute Gasteiger partial charge is 0.504 e. The van der Waals surface area contributed by atoms with Gasteiger partial charge in [-0.1, -0.05) is 6.07 Å². The molecule has 18 heavy (non-hydrogen) atoms. The van der Waals surface area contributed by atoms with Crippen molar-refractivity contribution in [3.63, 3.8) is 0 Å². The molecule has 1 atom stereocenters. The number of benzene rings is 1. The van der Waals surface area contributed by atoms with Gasteiger partial charge in [-0.3, -0.25) is 0 Å². The molecule has 1 aliphatic rings. The number of halogens is 3. The highest BCUT2D eigenvalue weighted by Crippen LogP contribution is 2.37. The van der Waals surface area contributed by atoms with Crippen LogP contribution in [-0.2, 0) is 4.74 Å². The summed E-state index contributed by atoms with van der Waals surface area (Å²) >= 11 is 0. The van der Waals surface area contributed by atoms with Crippen LogP contribution in [0.5, 0.6) is 11.5 Å². The molecule has 3 N–H and O–H groups in total. The number of phenolic OH excluding ortho intramolecular Hbond substituents is 2. The molecule has 2 rings (SSSR count). The van der Waals surface area contributed by atoms with E-state index < -0.39 is 36.2 Å². The number of cyclic esters (lactones) is 1. The summed E-state index contributed by atoms with van der Waals surface area (Å²) in [6.45, 7) is -1.02. The molecule has 1 heterocycles. The number of aromatic hydroxyl groups is 2. The van der Waals surface area contributed by atoms with E-state index in [0.29, 0.717) is 0 Å². The van der Waals surface area contributed by atoms with Gasteiger partial charge in [0.1, 0.15) is 6.04 Å². The van der Waals surface area contributed by atoms with Crippen molar-refractivity contribution >= 4 is 18.5 Å². The van der Waals surface area contributed by atoms with Crippen LogP contribution in [0, 0.1) is 0 Å². The Morgan fingerprint density at radius 3 is 2.61 bits per heavy atom. The lowest BCUT2D eigenvalue weighted by Crippen LogP contribution is -2.49. The number of hydrogen-bond donors (Lipinski definition) is 3. The number of rotatable bonds is 1. The fourth-order valence-corrected chi connectivity index (χ4v) is 1.56. The van der Waals surface area contributed by atoms with Crippen LogP contribution in [-0.4, -0.2) is 28.8 Å². The summed E-state index contributed by atoms with van der Waals surface area (Å²) in [6, 6.07) is 1.65. The summed E-state index contributed by atoms with van der Waals surface area (Å²) in [5.74, 6) is -4.23. The average Bonchev–Trinajstić information content (AvgIpc) is 2.26. The van der Waals surface area contributed by atoms with Crippen LogP contribution in [0.15, 0.2) is 18.2 Å². The second-order valence-electron chi connectivity index (χ2n) is 3.66. The lowest BCUT2D eigenvalue weighted by molar-refractivity contribution is -0.104. The molecule has 1 aromatic rings. The zero-order valence-electron chi connectivity index (χ0n) is 8.89. The number of nitrogens with one attached hydrogen (secondary N) is 1. The molecular weight excluding hydrogens is 272 g/mol. The highest BCUT2D eigenvalue weighted by atomic mass is 35.5. The first-order valence-corrected chi connectivity index (χ1v) is 4.73. The molecule has 1 aromatic carbocycles. The van der Waals surface area contributed by atoms with Crippen molar-refractivity contribution < 1.29 is 28.5 Å². The topological polar surface area (TPSA) is 78.8 Å². The van der Waals surface area contributed by atoms with E-state index in [0.717, 1.165) is 12.1 Å². The predicted molar refractivity (Wildman–Crippen MR) is 59.2 cm³/mol. The van der Waals surface area contributed by atoms with E-state index in [2.05, 4.69) is 4.74 Å². The number of hydrogen-bond acceptors (Lipinski definition) is 4. The summed E-state index contributed by atoms with van der Waals surface area (Å²) < 4.78 is 31.1. The van der Waals surface area contributed by atoms with Crippen LogP contribution in [0.3, 0.4) is 0 Å². The minimum absolute atomic E-state index is 0. The minimum Gasteiger partial charge on any atom is -0.504 e. The number of carbonyl (C=O) groups is 1. The Hall–Kier alpha value is -1.76. The van der Waals surface area contributed by atoms with Gasteiger partial charge in [-0.05, 0) is 17.7 Å². The van der Waals surface area contributed by atoms with E-state index in [1.165, 1.54) is 6.07 Å². The molecule has 1 amide bonds. The molecule has 8 heteroatoms. The van der Waals surface area contributed by atoms with E-state index in [1.807, 2.05) is 5.32 Å². The second kappa shape index (κ2) is 4.85. The summed E-state index contributed by atoms with van der Waals surface area (Å²) in [4.78, 5) is 10.9. The molecule has 1 fully saturated rings. The smallest absolute Gasteiger partial charge is 0.408 e. The van der Waals surface area contributed by atoms with E-state index in [9.17, 15) is 18.7 Å². The first-order valence-electron chi connectivity index (χ1n) is 4.73. The van der Waals surface area contributed by atoms with Crippen LogP contribution in [0.1, 0.15) is 11.6 Å². The van der Waals surface area contributed by atoms with Crippen molar-refractivity contribution in [3.05, 3.63) is 23.8 Å². The first kappa shape index (κ1) is 14.3. The van der Waals surface area contributed by atoms with Gasteiger partial charge in [0.25, 0.3) is 0 Å². The molecule has 0 radical (unpaired) electrons. The molecule has 1 saturated heterocycles. The van der Waals surface area contributed by atoms with E-state index in [4.69, 9.17) is 5.11 Å².